The van der Waals surface area contributed by atoms with Crippen molar-refractivity contribution in [2.75, 3.05) is 7.11 Å². The van der Waals surface area contributed by atoms with Crippen LogP contribution in [-0.4, -0.2) is 17.8 Å². The first-order valence-electron chi connectivity index (χ1n) is 5.76. The van der Waals surface area contributed by atoms with E-state index in [4.69, 9.17) is 10.5 Å². The Kier molecular flexibility index (Phi) is 2.80. The smallest absolute Gasteiger partial charge is 0.160 e. The van der Waals surface area contributed by atoms with Gasteiger partial charge in [0, 0.05) is 11.5 Å². The molecule has 0 bridgehead atoms. The topological polar surface area (TPSA) is 55.5 Å². The average molecular weight is 221 g/mol. The molecule has 16 heavy (non-hydrogen) atoms. The fourth-order valence-corrected chi connectivity index (χ4v) is 2.39. The van der Waals surface area contributed by atoms with Crippen LogP contribution < -0.4 is 10.5 Å². The van der Waals surface area contributed by atoms with Crippen molar-refractivity contribution in [1.82, 2.24) is 0 Å². The maximum Gasteiger partial charge on any atom is 0.160 e. The summed E-state index contributed by atoms with van der Waals surface area (Å²) in [5, 5.41) is 9.76. The van der Waals surface area contributed by atoms with Crippen LogP contribution in [0.1, 0.15) is 37.7 Å². The number of rotatable bonds is 4. The Morgan fingerprint density at radius 2 is 2.19 bits per heavy atom. The van der Waals surface area contributed by atoms with Gasteiger partial charge in [0.05, 0.1) is 7.11 Å². The zero-order valence-corrected chi connectivity index (χ0v) is 9.86. The van der Waals surface area contributed by atoms with Crippen molar-refractivity contribution in [3.8, 4) is 11.5 Å². The molecule has 1 aromatic carbocycles. The summed E-state index contributed by atoms with van der Waals surface area (Å²) in [5.74, 6) is 1.05. The summed E-state index contributed by atoms with van der Waals surface area (Å²) in [6, 6.07) is 5.58. The highest BCUT2D eigenvalue weighted by molar-refractivity contribution is 5.44. The summed E-state index contributed by atoms with van der Waals surface area (Å²) >= 11 is 0. The Bertz CT molecular complexity index is 386. The van der Waals surface area contributed by atoms with E-state index in [-0.39, 0.29) is 11.3 Å². The summed E-state index contributed by atoms with van der Waals surface area (Å²) in [6.45, 7) is 2.14. The molecule has 1 aliphatic carbocycles. The number of nitrogens with two attached hydrogens (primary N) is 1. The van der Waals surface area contributed by atoms with Gasteiger partial charge in [-0.05, 0) is 37.0 Å². The number of methoxy groups -OCH3 is 1. The summed E-state index contributed by atoms with van der Waals surface area (Å²) in [4.78, 5) is 0. The van der Waals surface area contributed by atoms with Crippen LogP contribution in [0.2, 0.25) is 0 Å². The lowest BCUT2D eigenvalue weighted by Crippen LogP contribution is -2.30. The lowest BCUT2D eigenvalue weighted by Gasteiger charge is -2.22. The molecule has 3 N–H and O–H groups in total. The number of hydrogen-bond donors (Lipinski definition) is 2. The number of hydrogen-bond acceptors (Lipinski definition) is 3. The monoisotopic (exact) mass is 221 g/mol. The van der Waals surface area contributed by atoms with E-state index in [1.54, 1.807) is 19.2 Å². The van der Waals surface area contributed by atoms with Gasteiger partial charge in [0.1, 0.15) is 0 Å². The zero-order valence-electron chi connectivity index (χ0n) is 9.86. The molecule has 0 heterocycles. The van der Waals surface area contributed by atoms with Crippen molar-refractivity contribution in [2.45, 2.75) is 37.6 Å². The third-order valence-electron chi connectivity index (χ3n) is 3.53. The number of aromatic hydroxyl groups is 1. The van der Waals surface area contributed by atoms with Crippen LogP contribution in [0.4, 0.5) is 0 Å². The van der Waals surface area contributed by atoms with Gasteiger partial charge in [-0.15, -0.1) is 0 Å². The first-order valence-corrected chi connectivity index (χ1v) is 5.76. The third kappa shape index (κ3) is 1.87. The fraction of sp³-hybridized carbons (Fsp3) is 0.538. The molecular weight excluding hydrogens is 202 g/mol. The molecule has 0 saturated heterocycles. The summed E-state index contributed by atoms with van der Waals surface area (Å²) in [6.07, 6.45) is 3.17. The normalized spacial score (nSPS) is 19.2. The van der Waals surface area contributed by atoms with E-state index < -0.39 is 0 Å². The van der Waals surface area contributed by atoms with E-state index >= 15 is 0 Å². The van der Waals surface area contributed by atoms with Crippen molar-refractivity contribution < 1.29 is 9.84 Å². The van der Waals surface area contributed by atoms with E-state index in [1.807, 2.05) is 6.07 Å². The molecule has 1 fully saturated rings. The minimum absolute atomic E-state index is 0.0459. The molecule has 0 radical (unpaired) electrons. The van der Waals surface area contributed by atoms with Crippen molar-refractivity contribution in [2.24, 2.45) is 5.73 Å². The first-order chi connectivity index (χ1) is 7.60. The Morgan fingerprint density at radius 1 is 1.50 bits per heavy atom. The van der Waals surface area contributed by atoms with E-state index in [0.29, 0.717) is 11.7 Å². The van der Waals surface area contributed by atoms with Crippen molar-refractivity contribution in [3.63, 3.8) is 0 Å². The minimum atomic E-state index is -0.0459. The Morgan fingerprint density at radius 3 is 2.62 bits per heavy atom. The molecule has 0 aliphatic heterocycles. The zero-order chi connectivity index (χ0) is 11.8. The summed E-state index contributed by atoms with van der Waals surface area (Å²) in [5.41, 5.74) is 7.31. The van der Waals surface area contributed by atoms with Crippen LogP contribution in [0.15, 0.2) is 18.2 Å². The minimum Gasteiger partial charge on any atom is -0.504 e. The van der Waals surface area contributed by atoms with Gasteiger partial charge in [0.15, 0.2) is 11.5 Å². The summed E-state index contributed by atoms with van der Waals surface area (Å²) in [7, 11) is 1.55. The first kappa shape index (κ1) is 11.3. The van der Waals surface area contributed by atoms with E-state index in [9.17, 15) is 5.11 Å². The highest BCUT2D eigenvalue weighted by Crippen LogP contribution is 2.47. The Hall–Kier alpha value is -1.22. The van der Waals surface area contributed by atoms with Crippen molar-refractivity contribution >= 4 is 0 Å². The molecule has 1 aliphatic rings. The van der Waals surface area contributed by atoms with Gasteiger partial charge in [-0.3, -0.25) is 0 Å². The highest BCUT2D eigenvalue weighted by atomic mass is 16.5. The van der Waals surface area contributed by atoms with Crippen molar-refractivity contribution in [1.29, 1.82) is 0 Å². The molecule has 0 aromatic heterocycles. The fourth-order valence-electron chi connectivity index (χ4n) is 2.39. The molecule has 88 valence electrons. The molecule has 1 aromatic rings. The van der Waals surface area contributed by atoms with Crippen LogP contribution in [0.25, 0.3) is 0 Å². The molecule has 2 rings (SSSR count). The van der Waals surface area contributed by atoms with E-state index in [2.05, 4.69) is 6.92 Å². The third-order valence-corrected chi connectivity index (χ3v) is 3.53. The predicted octanol–water partition coefficient (Wildman–Crippen LogP) is 2.39. The molecular formula is C13H19NO2. The average Bonchev–Trinajstić information content (AvgIpc) is 2.98. The van der Waals surface area contributed by atoms with Crippen LogP contribution >= 0.6 is 0 Å². The van der Waals surface area contributed by atoms with Gasteiger partial charge in [0.25, 0.3) is 0 Å². The number of ether oxygens (including phenoxy) is 1. The molecule has 3 nitrogen and oxygen atoms in total. The second kappa shape index (κ2) is 3.98. The second-order valence-corrected chi connectivity index (χ2v) is 4.63. The van der Waals surface area contributed by atoms with Crippen LogP contribution in [-0.2, 0) is 0 Å². The Balaban J connectivity index is 2.29. The standard InChI is InChI=1S/C13H19NO2/c1-3-10(13(14)6-7-13)9-4-5-12(16-2)11(15)8-9/h4-5,8,10,15H,3,6-7,14H2,1-2H3. The van der Waals surface area contributed by atoms with Gasteiger partial charge in [-0.25, -0.2) is 0 Å². The molecule has 0 amide bonds. The maximum atomic E-state index is 9.76. The molecule has 1 unspecified atom stereocenters. The van der Waals surface area contributed by atoms with Gasteiger partial charge < -0.3 is 15.6 Å². The number of phenols is 1. The second-order valence-electron chi connectivity index (χ2n) is 4.63. The SMILES string of the molecule is CCC(c1ccc(OC)c(O)c1)C1(N)CC1. The number of phenolic OH excluding ortho intramolecular Hbond substituents is 1. The maximum absolute atomic E-state index is 9.76. The van der Waals surface area contributed by atoms with Crippen molar-refractivity contribution in [3.05, 3.63) is 23.8 Å². The Labute approximate surface area is 96.2 Å². The van der Waals surface area contributed by atoms with E-state index in [0.717, 1.165) is 24.8 Å². The lowest BCUT2D eigenvalue weighted by atomic mass is 9.87. The van der Waals surface area contributed by atoms with Gasteiger partial charge in [-0.1, -0.05) is 13.0 Å². The van der Waals surface area contributed by atoms with E-state index in [1.165, 1.54) is 0 Å². The molecule has 1 atom stereocenters. The lowest BCUT2D eigenvalue weighted by molar-refractivity contribution is 0.372. The van der Waals surface area contributed by atoms with Crippen LogP contribution in [0.5, 0.6) is 11.5 Å². The quantitative estimate of drug-likeness (QED) is 0.820. The predicted molar refractivity (Wildman–Crippen MR) is 63.8 cm³/mol. The van der Waals surface area contributed by atoms with Gasteiger partial charge in [-0.2, -0.15) is 0 Å². The largest absolute Gasteiger partial charge is 0.504 e. The van der Waals surface area contributed by atoms with Crippen LogP contribution in [0.3, 0.4) is 0 Å². The van der Waals surface area contributed by atoms with Crippen LogP contribution in [0, 0.1) is 0 Å². The van der Waals surface area contributed by atoms with Gasteiger partial charge >= 0.3 is 0 Å². The molecule has 0 spiro atoms. The number of benzene rings is 1. The van der Waals surface area contributed by atoms with Gasteiger partial charge in [0.2, 0.25) is 0 Å². The highest BCUT2D eigenvalue weighted by Gasteiger charge is 2.45. The molecule has 1 saturated carbocycles. The molecule has 3 heteroatoms. The summed E-state index contributed by atoms with van der Waals surface area (Å²) < 4.78 is 5.03.